The fourth-order valence-electron chi connectivity index (χ4n) is 2.28. The minimum atomic E-state index is -0.115. The minimum Gasteiger partial charge on any atom is -0.304 e. The summed E-state index contributed by atoms with van der Waals surface area (Å²) in [4.78, 5) is 16.6. The van der Waals surface area contributed by atoms with E-state index in [1.807, 2.05) is 30.3 Å². The van der Waals surface area contributed by atoms with Crippen LogP contribution < -0.4 is 5.32 Å². The van der Waals surface area contributed by atoms with Crippen LogP contribution in [0.15, 0.2) is 58.0 Å². The number of nitrogens with zero attached hydrogens (tertiary/aromatic N) is 1. The normalized spacial score (nSPS) is 19.5. The summed E-state index contributed by atoms with van der Waals surface area (Å²) in [6, 6.07) is 16.0. The average molecular weight is 375 g/mol. The van der Waals surface area contributed by atoms with Gasteiger partial charge in [-0.15, -0.1) is 0 Å². The van der Waals surface area contributed by atoms with Crippen LogP contribution in [0, 0.1) is 6.92 Å². The Labute approximate surface area is 142 Å². The average Bonchev–Trinajstić information content (AvgIpc) is 2.81. The van der Waals surface area contributed by atoms with E-state index in [1.54, 1.807) is 0 Å². The molecular formula is C17H15BrN2OS. The predicted molar refractivity (Wildman–Crippen MR) is 95.6 cm³/mol. The number of halogens is 1. The smallest absolute Gasteiger partial charge is 0.239 e. The molecule has 3 rings (SSSR count). The Morgan fingerprint density at radius 2 is 2.00 bits per heavy atom. The molecule has 0 bridgehead atoms. The summed E-state index contributed by atoms with van der Waals surface area (Å²) in [6.07, 6.45) is 0.720. The van der Waals surface area contributed by atoms with Crippen LogP contribution in [-0.4, -0.2) is 16.3 Å². The van der Waals surface area contributed by atoms with Crippen LogP contribution in [0.4, 0.5) is 5.69 Å². The highest BCUT2D eigenvalue weighted by atomic mass is 79.9. The Balaban J connectivity index is 1.71. The van der Waals surface area contributed by atoms with E-state index in [0.29, 0.717) is 5.17 Å². The summed E-state index contributed by atoms with van der Waals surface area (Å²) in [7, 11) is 0. The predicted octanol–water partition coefficient (Wildman–Crippen LogP) is 4.22. The molecular weight excluding hydrogens is 360 g/mol. The van der Waals surface area contributed by atoms with Gasteiger partial charge in [-0.2, -0.15) is 0 Å². The van der Waals surface area contributed by atoms with Crippen molar-refractivity contribution < 1.29 is 4.79 Å². The van der Waals surface area contributed by atoms with Crippen molar-refractivity contribution >= 4 is 44.5 Å². The van der Waals surface area contributed by atoms with Gasteiger partial charge >= 0.3 is 0 Å². The van der Waals surface area contributed by atoms with Crippen LogP contribution in [0.2, 0.25) is 0 Å². The van der Waals surface area contributed by atoms with Crippen molar-refractivity contribution in [2.75, 3.05) is 0 Å². The summed E-state index contributed by atoms with van der Waals surface area (Å²) in [5.41, 5.74) is 3.23. The van der Waals surface area contributed by atoms with Gasteiger partial charge in [-0.25, -0.2) is 4.99 Å². The molecule has 1 heterocycles. The van der Waals surface area contributed by atoms with Crippen molar-refractivity contribution in [3.05, 3.63) is 64.1 Å². The molecule has 0 spiro atoms. The summed E-state index contributed by atoms with van der Waals surface area (Å²) in [6.45, 7) is 2.06. The van der Waals surface area contributed by atoms with Crippen molar-refractivity contribution in [1.82, 2.24) is 5.32 Å². The van der Waals surface area contributed by atoms with E-state index in [4.69, 9.17) is 0 Å². The number of amides is 1. The van der Waals surface area contributed by atoms with Crippen LogP contribution in [-0.2, 0) is 11.2 Å². The fourth-order valence-corrected chi connectivity index (χ4v) is 3.57. The third-order valence-corrected chi connectivity index (χ3v) is 4.95. The van der Waals surface area contributed by atoms with Crippen LogP contribution >= 0.6 is 27.7 Å². The zero-order valence-electron chi connectivity index (χ0n) is 12.0. The van der Waals surface area contributed by atoms with Gasteiger partial charge in [-0.3, -0.25) is 4.79 Å². The monoisotopic (exact) mass is 374 g/mol. The molecule has 3 nitrogen and oxygen atoms in total. The first-order valence-electron chi connectivity index (χ1n) is 6.97. The van der Waals surface area contributed by atoms with Crippen molar-refractivity contribution in [3.63, 3.8) is 0 Å². The summed E-state index contributed by atoms with van der Waals surface area (Å²) in [5, 5.41) is 3.42. The van der Waals surface area contributed by atoms with Gasteiger partial charge in [0.25, 0.3) is 0 Å². The number of rotatable bonds is 3. The summed E-state index contributed by atoms with van der Waals surface area (Å²) >= 11 is 4.89. The van der Waals surface area contributed by atoms with Crippen molar-refractivity contribution in [2.45, 2.75) is 18.6 Å². The number of hydrogen-bond donors (Lipinski definition) is 1. The molecule has 1 aliphatic heterocycles. The number of benzene rings is 2. The van der Waals surface area contributed by atoms with Gasteiger partial charge in [-0.05, 0) is 43.2 Å². The third-order valence-electron chi connectivity index (χ3n) is 3.34. The highest BCUT2D eigenvalue weighted by molar-refractivity contribution is 9.10. The molecule has 0 saturated carbocycles. The maximum atomic E-state index is 12.1. The molecule has 1 amide bonds. The van der Waals surface area contributed by atoms with Crippen molar-refractivity contribution in [2.24, 2.45) is 4.99 Å². The van der Waals surface area contributed by atoms with Gasteiger partial charge in [0.2, 0.25) is 5.91 Å². The first-order valence-corrected chi connectivity index (χ1v) is 8.65. The molecule has 2 aromatic carbocycles. The molecule has 1 aliphatic rings. The Morgan fingerprint density at radius 3 is 2.73 bits per heavy atom. The molecule has 0 aromatic heterocycles. The first-order chi connectivity index (χ1) is 10.6. The second kappa shape index (κ2) is 6.67. The lowest BCUT2D eigenvalue weighted by atomic mass is 10.1. The standard InChI is InChI=1S/C17H15BrN2OS/c1-11-3-2-4-12(9-11)10-15-16(21)20-17(22-15)19-14-7-5-13(18)6-8-14/h2-9,15H,10H2,1H3,(H,19,20,21). The zero-order chi connectivity index (χ0) is 15.5. The number of hydrogen-bond acceptors (Lipinski definition) is 3. The molecule has 5 heteroatoms. The molecule has 2 aromatic rings. The molecule has 1 fully saturated rings. The Morgan fingerprint density at radius 1 is 1.23 bits per heavy atom. The second-order valence-corrected chi connectivity index (χ2v) is 7.29. The number of nitrogens with one attached hydrogen (secondary N) is 1. The van der Waals surface area contributed by atoms with Gasteiger partial charge in [0.15, 0.2) is 5.17 Å². The quantitative estimate of drug-likeness (QED) is 0.873. The zero-order valence-corrected chi connectivity index (χ0v) is 14.4. The molecule has 22 heavy (non-hydrogen) atoms. The SMILES string of the molecule is Cc1cccc(CC2SC(=Nc3ccc(Br)cc3)NC2=O)c1. The lowest BCUT2D eigenvalue weighted by Crippen LogP contribution is -2.25. The van der Waals surface area contributed by atoms with Crippen LogP contribution in [0.5, 0.6) is 0 Å². The number of amidine groups is 1. The van der Waals surface area contributed by atoms with E-state index in [1.165, 1.54) is 22.9 Å². The molecule has 1 atom stereocenters. The van der Waals surface area contributed by atoms with Gasteiger partial charge in [0, 0.05) is 4.47 Å². The highest BCUT2D eigenvalue weighted by Crippen LogP contribution is 2.26. The number of carbonyl (C=O) groups excluding carboxylic acids is 1. The van der Waals surface area contributed by atoms with E-state index in [0.717, 1.165) is 16.6 Å². The molecule has 112 valence electrons. The molecule has 0 radical (unpaired) electrons. The van der Waals surface area contributed by atoms with Gasteiger partial charge in [-0.1, -0.05) is 57.5 Å². The van der Waals surface area contributed by atoms with E-state index in [-0.39, 0.29) is 11.2 Å². The minimum absolute atomic E-state index is 0.0300. The topological polar surface area (TPSA) is 41.5 Å². The van der Waals surface area contributed by atoms with Gasteiger partial charge < -0.3 is 5.32 Å². The Bertz CT molecular complexity index is 728. The van der Waals surface area contributed by atoms with Crippen LogP contribution in [0.3, 0.4) is 0 Å². The fraction of sp³-hybridized carbons (Fsp3) is 0.176. The van der Waals surface area contributed by atoms with Crippen molar-refractivity contribution in [3.8, 4) is 0 Å². The van der Waals surface area contributed by atoms with E-state index < -0.39 is 0 Å². The lowest BCUT2D eigenvalue weighted by molar-refractivity contribution is -0.118. The van der Waals surface area contributed by atoms with Crippen LogP contribution in [0.1, 0.15) is 11.1 Å². The number of carbonyl (C=O) groups is 1. The summed E-state index contributed by atoms with van der Waals surface area (Å²) < 4.78 is 1.01. The summed E-state index contributed by atoms with van der Waals surface area (Å²) in [5.74, 6) is 0.0300. The van der Waals surface area contributed by atoms with E-state index in [9.17, 15) is 4.79 Å². The molecule has 1 unspecified atom stereocenters. The largest absolute Gasteiger partial charge is 0.304 e. The number of aryl methyl sites for hydroxylation is 1. The number of thioether (sulfide) groups is 1. The maximum Gasteiger partial charge on any atom is 0.239 e. The Hall–Kier alpha value is -1.59. The van der Waals surface area contributed by atoms with E-state index >= 15 is 0 Å². The van der Waals surface area contributed by atoms with Crippen molar-refractivity contribution in [1.29, 1.82) is 0 Å². The first kappa shape index (κ1) is 15.3. The van der Waals surface area contributed by atoms with E-state index in [2.05, 4.69) is 51.4 Å². The maximum absolute atomic E-state index is 12.1. The van der Waals surface area contributed by atoms with Crippen LogP contribution in [0.25, 0.3) is 0 Å². The van der Waals surface area contributed by atoms with Gasteiger partial charge in [0.05, 0.1) is 10.9 Å². The molecule has 1 saturated heterocycles. The second-order valence-electron chi connectivity index (χ2n) is 5.18. The number of aliphatic imine (C=N–C) groups is 1. The lowest BCUT2D eigenvalue weighted by Gasteiger charge is -2.06. The highest BCUT2D eigenvalue weighted by Gasteiger charge is 2.30. The van der Waals surface area contributed by atoms with Gasteiger partial charge in [0.1, 0.15) is 0 Å². The molecule has 0 aliphatic carbocycles. The Kier molecular flexibility index (Phi) is 4.64. The molecule has 1 N–H and O–H groups in total. The third kappa shape index (κ3) is 3.78.